The Hall–Kier alpha value is -3.73. The van der Waals surface area contributed by atoms with Crippen LogP contribution in [0.1, 0.15) is 82.1 Å². The lowest BCUT2D eigenvalue weighted by Gasteiger charge is -2.46. The Morgan fingerprint density at radius 1 is 1.07 bits per heavy atom. The zero-order valence-electron chi connectivity index (χ0n) is 25.9. The number of aliphatic hydroxyl groups is 1. The number of hydrogen-bond acceptors (Lipinski definition) is 5. The van der Waals surface area contributed by atoms with Gasteiger partial charge in [0.1, 0.15) is 17.0 Å². The highest BCUT2D eigenvalue weighted by Gasteiger charge is 2.52. The summed E-state index contributed by atoms with van der Waals surface area (Å²) in [4.78, 5) is 39.5. The fourth-order valence-electron chi connectivity index (χ4n) is 5.76. The molecule has 2 aromatic carbocycles. The summed E-state index contributed by atoms with van der Waals surface area (Å²) in [5.41, 5.74) is -1.01. The number of carbonyl (C=O) groups excluding carboxylic acids is 2. The minimum atomic E-state index is -4.52. The number of halogens is 3. The van der Waals surface area contributed by atoms with Gasteiger partial charge < -0.3 is 20.4 Å². The van der Waals surface area contributed by atoms with E-state index >= 15 is 0 Å². The van der Waals surface area contributed by atoms with Crippen LogP contribution >= 0.6 is 0 Å². The molecule has 0 aromatic heterocycles. The molecule has 1 unspecified atom stereocenters. The lowest BCUT2D eigenvalue weighted by molar-refractivity contribution is -0.138. The van der Waals surface area contributed by atoms with Crippen LogP contribution in [0.5, 0.6) is 0 Å². The maximum absolute atomic E-state index is 13.8. The molecule has 240 valence electrons. The molecule has 0 radical (unpaired) electrons. The van der Waals surface area contributed by atoms with Gasteiger partial charge in [0.05, 0.1) is 18.5 Å². The van der Waals surface area contributed by atoms with E-state index in [9.17, 15) is 32.7 Å². The average Bonchev–Trinajstić information content (AvgIpc) is 3.19. The van der Waals surface area contributed by atoms with Crippen molar-refractivity contribution in [1.29, 1.82) is 0 Å². The third-order valence-corrected chi connectivity index (χ3v) is 8.45. The molecule has 1 saturated carbocycles. The number of hydrogen-bond donors (Lipinski definition) is 3. The predicted octanol–water partition coefficient (Wildman–Crippen LogP) is 5.69. The van der Waals surface area contributed by atoms with Gasteiger partial charge in [-0.15, -0.1) is 0 Å². The molecule has 0 bridgehead atoms. The van der Waals surface area contributed by atoms with E-state index in [1.165, 1.54) is 12.1 Å². The number of carbonyl (C=O) groups is 3. The van der Waals surface area contributed by atoms with Crippen molar-refractivity contribution >= 4 is 24.0 Å². The number of amides is 2. The van der Waals surface area contributed by atoms with Crippen molar-refractivity contribution in [2.75, 3.05) is 13.1 Å². The van der Waals surface area contributed by atoms with Crippen molar-refractivity contribution in [3.05, 3.63) is 70.8 Å². The van der Waals surface area contributed by atoms with Crippen LogP contribution in [-0.2, 0) is 26.2 Å². The van der Waals surface area contributed by atoms with Crippen molar-refractivity contribution < 1.29 is 37.8 Å². The summed E-state index contributed by atoms with van der Waals surface area (Å²) in [6, 6.07) is 12.3. The standard InChI is InChI=1S/C29H35F3N2O2.C4H7NO3/c1-19-9-11-22(12-10-19)27(5,36)18-34-25(35)24(20-7-6-8-23(17-20)29(30,31)32)33-28(34)15-13-21(14-16-28)26(2,3)4;6-3-5-2-1-4(7)8/h6-12,17,21,36H,13-16,18H2,1-5H3;3H,1-2H2,(H,5,6)(H,7,8). The molecule has 1 fully saturated rings. The van der Waals surface area contributed by atoms with Crippen LogP contribution in [0.15, 0.2) is 53.5 Å². The summed E-state index contributed by atoms with van der Waals surface area (Å²) in [5.74, 6) is -0.888. The quantitative estimate of drug-likeness (QED) is 0.260. The molecule has 44 heavy (non-hydrogen) atoms. The Labute approximate surface area is 256 Å². The van der Waals surface area contributed by atoms with Crippen LogP contribution < -0.4 is 5.32 Å². The predicted molar refractivity (Wildman–Crippen MR) is 161 cm³/mol. The van der Waals surface area contributed by atoms with Crippen LogP contribution in [0.4, 0.5) is 13.2 Å². The van der Waals surface area contributed by atoms with Gasteiger partial charge >= 0.3 is 12.1 Å². The van der Waals surface area contributed by atoms with Crippen LogP contribution in [0, 0.1) is 18.3 Å². The summed E-state index contributed by atoms with van der Waals surface area (Å²) in [5, 5.41) is 21.7. The Morgan fingerprint density at radius 3 is 2.20 bits per heavy atom. The largest absolute Gasteiger partial charge is 0.481 e. The zero-order chi connectivity index (χ0) is 32.9. The van der Waals surface area contributed by atoms with Gasteiger partial charge in [0.2, 0.25) is 6.41 Å². The highest BCUT2D eigenvalue weighted by molar-refractivity contribution is 6.46. The summed E-state index contributed by atoms with van der Waals surface area (Å²) in [7, 11) is 0. The lowest BCUT2D eigenvalue weighted by Crippen LogP contribution is -2.54. The molecule has 1 spiro atoms. The second kappa shape index (κ2) is 13.5. The van der Waals surface area contributed by atoms with Gasteiger partial charge in [0, 0.05) is 12.1 Å². The third kappa shape index (κ3) is 8.46. The smallest absolute Gasteiger partial charge is 0.416 e. The molecule has 1 atom stereocenters. The molecule has 2 amide bonds. The summed E-state index contributed by atoms with van der Waals surface area (Å²) in [6.45, 7) is 10.4. The van der Waals surface area contributed by atoms with Gasteiger partial charge in [0.25, 0.3) is 5.91 Å². The molecule has 4 rings (SSSR count). The molecule has 2 aliphatic rings. The zero-order valence-corrected chi connectivity index (χ0v) is 25.9. The van der Waals surface area contributed by atoms with E-state index in [1.807, 2.05) is 31.2 Å². The average molecular weight is 618 g/mol. The molecule has 3 N–H and O–H groups in total. The number of benzene rings is 2. The molecular formula is C33H42F3N3O5. The van der Waals surface area contributed by atoms with E-state index in [-0.39, 0.29) is 36.2 Å². The van der Waals surface area contributed by atoms with Crippen molar-refractivity contribution in [1.82, 2.24) is 10.2 Å². The maximum atomic E-state index is 13.8. The van der Waals surface area contributed by atoms with Crippen LogP contribution in [0.3, 0.4) is 0 Å². The Bertz CT molecular complexity index is 1360. The molecular weight excluding hydrogens is 575 g/mol. The number of rotatable bonds is 8. The van der Waals surface area contributed by atoms with E-state index in [0.29, 0.717) is 30.7 Å². The fraction of sp³-hybridized carbons (Fsp3) is 0.515. The normalized spacial score (nSPS) is 21.7. The molecule has 11 heteroatoms. The van der Waals surface area contributed by atoms with Crippen molar-refractivity contribution in [3.8, 4) is 0 Å². The Kier molecular flexibility index (Phi) is 10.7. The van der Waals surface area contributed by atoms with E-state index in [2.05, 4.69) is 26.1 Å². The third-order valence-electron chi connectivity index (χ3n) is 8.45. The second-order valence-corrected chi connectivity index (χ2v) is 12.9. The number of nitrogens with one attached hydrogen (secondary N) is 1. The molecule has 1 heterocycles. The van der Waals surface area contributed by atoms with E-state index in [4.69, 9.17) is 10.1 Å². The van der Waals surface area contributed by atoms with Gasteiger partial charge in [-0.25, -0.2) is 0 Å². The van der Waals surface area contributed by atoms with Gasteiger partial charge in [-0.2, -0.15) is 13.2 Å². The first-order chi connectivity index (χ1) is 20.4. The van der Waals surface area contributed by atoms with Crippen LogP contribution in [0.25, 0.3) is 0 Å². The number of aliphatic carboxylic acids is 1. The van der Waals surface area contributed by atoms with E-state index in [0.717, 1.165) is 30.5 Å². The highest BCUT2D eigenvalue weighted by Crippen LogP contribution is 2.47. The first-order valence-corrected chi connectivity index (χ1v) is 14.7. The number of aryl methyl sites for hydroxylation is 1. The van der Waals surface area contributed by atoms with Crippen LogP contribution in [0.2, 0.25) is 0 Å². The number of carboxylic acid groups (broad SMARTS) is 1. The minimum Gasteiger partial charge on any atom is -0.481 e. The molecule has 1 aliphatic heterocycles. The minimum absolute atomic E-state index is 0.00103. The molecule has 2 aromatic rings. The van der Waals surface area contributed by atoms with Gasteiger partial charge in [0.15, 0.2) is 0 Å². The highest BCUT2D eigenvalue weighted by atomic mass is 19.4. The first kappa shape index (κ1) is 34.8. The Morgan fingerprint density at radius 2 is 1.68 bits per heavy atom. The summed E-state index contributed by atoms with van der Waals surface area (Å²) < 4.78 is 40.2. The molecule has 0 saturated heterocycles. The lowest BCUT2D eigenvalue weighted by atomic mass is 9.69. The summed E-state index contributed by atoms with van der Waals surface area (Å²) in [6.07, 6.45) is -1.16. The van der Waals surface area contributed by atoms with Crippen LogP contribution in [-0.4, -0.2) is 57.9 Å². The monoisotopic (exact) mass is 617 g/mol. The van der Waals surface area contributed by atoms with E-state index < -0.39 is 34.9 Å². The van der Waals surface area contributed by atoms with Crippen molar-refractivity contribution in [3.63, 3.8) is 0 Å². The number of β-amino-alcohol motifs (C(OH)–C–C–N with tert-alkyl or cyclic N) is 1. The number of alkyl halides is 3. The van der Waals surface area contributed by atoms with Crippen molar-refractivity contribution in [2.24, 2.45) is 16.3 Å². The molecule has 1 aliphatic carbocycles. The van der Waals surface area contributed by atoms with Gasteiger partial charge in [-0.3, -0.25) is 19.4 Å². The number of carboxylic acids is 1. The topological polar surface area (TPSA) is 119 Å². The summed E-state index contributed by atoms with van der Waals surface area (Å²) >= 11 is 0. The number of nitrogens with zero attached hydrogens (tertiary/aromatic N) is 2. The van der Waals surface area contributed by atoms with E-state index in [1.54, 1.807) is 11.8 Å². The van der Waals surface area contributed by atoms with Crippen molar-refractivity contribution in [2.45, 2.75) is 84.2 Å². The fourth-order valence-corrected chi connectivity index (χ4v) is 5.76. The SMILES string of the molecule is Cc1ccc(C(C)(O)CN2C(=O)C(c3cccc(C(F)(F)F)c3)=NC23CCC(C(C)(C)C)CC3)cc1.O=CNCCC(=O)O. The number of aliphatic imine (C=N–C) groups is 1. The second-order valence-electron chi connectivity index (χ2n) is 12.9. The molecule has 8 nitrogen and oxygen atoms in total. The van der Waals surface area contributed by atoms with Gasteiger partial charge in [-0.1, -0.05) is 62.7 Å². The Balaban J connectivity index is 0.000000583. The first-order valence-electron chi connectivity index (χ1n) is 14.7. The maximum Gasteiger partial charge on any atom is 0.416 e. The van der Waals surface area contributed by atoms with Gasteiger partial charge in [-0.05, 0) is 68.6 Å².